The molecule has 0 heterocycles. The van der Waals surface area contributed by atoms with Crippen LogP contribution in [0, 0.1) is 5.92 Å². The summed E-state index contributed by atoms with van der Waals surface area (Å²) in [5, 5.41) is 0. The maximum Gasteiger partial charge on any atom is 0.334 e. The third-order valence-corrected chi connectivity index (χ3v) is 2.76. The average Bonchev–Trinajstić information content (AvgIpc) is 2.26. The van der Waals surface area contributed by atoms with E-state index in [2.05, 4.69) is 6.58 Å². The number of methoxy groups -OCH3 is 1. The highest BCUT2D eigenvalue weighted by Crippen LogP contribution is 2.30. The molecule has 0 aromatic carbocycles. The number of carbonyl (C=O) groups is 1. The Kier molecular flexibility index (Phi) is 4.44. The smallest absolute Gasteiger partial charge is 0.334 e. The standard InChI is InChI=1S/C12H18O2/c1-3-7-11(12(13)14-2)10-8-5-4-6-9-10/h3,7,10H,1,4-6,8-9H2,2H3. The first-order valence-electron chi connectivity index (χ1n) is 5.20. The fraction of sp³-hybridized carbons (Fsp3) is 0.583. The van der Waals surface area contributed by atoms with Crippen LogP contribution in [0.5, 0.6) is 0 Å². The summed E-state index contributed by atoms with van der Waals surface area (Å²) in [6.07, 6.45) is 9.40. The van der Waals surface area contributed by atoms with E-state index in [0.29, 0.717) is 5.92 Å². The van der Waals surface area contributed by atoms with Crippen LogP contribution >= 0.6 is 0 Å². The first-order valence-corrected chi connectivity index (χ1v) is 5.20. The fourth-order valence-corrected chi connectivity index (χ4v) is 2.03. The van der Waals surface area contributed by atoms with Crippen molar-refractivity contribution >= 4 is 5.97 Å². The van der Waals surface area contributed by atoms with Crippen molar-refractivity contribution in [2.75, 3.05) is 7.11 Å². The lowest BCUT2D eigenvalue weighted by Crippen LogP contribution is -2.17. The van der Waals surface area contributed by atoms with Crippen LogP contribution in [0.1, 0.15) is 32.1 Å². The lowest BCUT2D eigenvalue weighted by atomic mass is 9.83. The number of rotatable bonds is 3. The van der Waals surface area contributed by atoms with Crippen molar-refractivity contribution in [1.82, 2.24) is 0 Å². The zero-order valence-corrected chi connectivity index (χ0v) is 8.79. The lowest BCUT2D eigenvalue weighted by Gasteiger charge is -2.22. The molecule has 0 saturated heterocycles. The van der Waals surface area contributed by atoms with Crippen LogP contribution in [0.3, 0.4) is 0 Å². The van der Waals surface area contributed by atoms with Crippen molar-refractivity contribution in [2.24, 2.45) is 5.92 Å². The molecular weight excluding hydrogens is 176 g/mol. The van der Waals surface area contributed by atoms with Gasteiger partial charge in [0.2, 0.25) is 0 Å². The third-order valence-electron chi connectivity index (χ3n) is 2.76. The highest BCUT2D eigenvalue weighted by molar-refractivity contribution is 5.89. The van der Waals surface area contributed by atoms with E-state index in [9.17, 15) is 4.79 Å². The second kappa shape index (κ2) is 5.63. The molecule has 0 unspecified atom stereocenters. The van der Waals surface area contributed by atoms with Crippen molar-refractivity contribution in [3.63, 3.8) is 0 Å². The van der Waals surface area contributed by atoms with E-state index < -0.39 is 0 Å². The minimum absolute atomic E-state index is 0.197. The van der Waals surface area contributed by atoms with Gasteiger partial charge in [-0.3, -0.25) is 0 Å². The Balaban J connectivity index is 2.70. The quantitative estimate of drug-likeness (QED) is 0.392. The molecule has 0 radical (unpaired) electrons. The van der Waals surface area contributed by atoms with Gasteiger partial charge in [0.05, 0.1) is 7.11 Å². The SMILES string of the molecule is C=CC=C(C(=O)OC)C1CCCCC1. The molecule has 1 aliphatic rings. The Labute approximate surface area is 85.6 Å². The van der Waals surface area contributed by atoms with Crippen LogP contribution in [0.15, 0.2) is 24.3 Å². The zero-order valence-electron chi connectivity index (χ0n) is 8.79. The van der Waals surface area contributed by atoms with E-state index in [4.69, 9.17) is 4.74 Å². The molecule has 0 bridgehead atoms. The van der Waals surface area contributed by atoms with Gasteiger partial charge in [-0.05, 0) is 18.8 Å². The number of carbonyl (C=O) groups excluding carboxylic acids is 1. The lowest BCUT2D eigenvalue weighted by molar-refractivity contribution is -0.136. The van der Waals surface area contributed by atoms with Crippen molar-refractivity contribution in [2.45, 2.75) is 32.1 Å². The molecular formula is C12H18O2. The Bertz CT molecular complexity index is 235. The van der Waals surface area contributed by atoms with Crippen molar-refractivity contribution in [1.29, 1.82) is 0 Å². The number of ether oxygens (including phenoxy) is 1. The molecule has 14 heavy (non-hydrogen) atoms. The maximum atomic E-state index is 11.5. The molecule has 0 aromatic heterocycles. The van der Waals surface area contributed by atoms with E-state index in [1.165, 1.54) is 26.4 Å². The summed E-state index contributed by atoms with van der Waals surface area (Å²) in [6, 6.07) is 0. The third kappa shape index (κ3) is 2.72. The van der Waals surface area contributed by atoms with Crippen molar-refractivity contribution in [3.8, 4) is 0 Å². The number of allylic oxidation sites excluding steroid dienone is 2. The van der Waals surface area contributed by atoms with Gasteiger partial charge >= 0.3 is 5.97 Å². The summed E-state index contributed by atoms with van der Waals surface area (Å²) in [4.78, 5) is 11.5. The largest absolute Gasteiger partial charge is 0.466 e. The van der Waals surface area contributed by atoms with E-state index >= 15 is 0 Å². The maximum absolute atomic E-state index is 11.5. The van der Waals surface area contributed by atoms with Gasteiger partial charge in [-0.25, -0.2) is 4.79 Å². The Morgan fingerprint density at radius 2 is 2.00 bits per heavy atom. The molecule has 0 aromatic rings. The highest BCUT2D eigenvalue weighted by Gasteiger charge is 2.22. The number of hydrogen-bond acceptors (Lipinski definition) is 2. The second-order valence-corrected chi connectivity index (χ2v) is 3.68. The van der Waals surface area contributed by atoms with Crippen LogP contribution < -0.4 is 0 Å². The van der Waals surface area contributed by atoms with Gasteiger partial charge in [-0.1, -0.05) is 38.0 Å². The Morgan fingerprint density at radius 1 is 1.36 bits per heavy atom. The summed E-state index contributed by atoms with van der Waals surface area (Å²) in [6.45, 7) is 3.63. The van der Waals surface area contributed by atoms with E-state index in [0.717, 1.165) is 18.4 Å². The van der Waals surface area contributed by atoms with Gasteiger partial charge in [0.25, 0.3) is 0 Å². The average molecular weight is 194 g/mol. The molecule has 0 aliphatic heterocycles. The van der Waals surface area contributed by atoms with Gasteiger partial charge in [0.15, 0.2) is 0 Å². The molecule has 0 amide bonds. The van der Waals surface area contributed by atoms with Gasteiger partial charge in [0, 0.05) is 5.57 Å². The highest BCUT2D eigenvalue weighted by atomic mass is 16.5. The summed E-state index contributed by atoms with van der Waals surface area (Å²) in [5.41, 5.74) is 0.794. The minimum atomic E-state index is -0.197. The first-order chi connectivity index (χ1) is 6.79. The summed E-state index contributed by atoms with van der Waals surface area (Å²) in [5.74, 6) is 0.186. The predicted molar refractivity (Wildman–Crippen MR) is 56.9 cm³/mol. The molecule has 0 N–H and O–H groups in total. The first kappa shape index (κ1) is 11.0. The normalized spacial score (nSPS) is 19.1. The van der Waals surface area contributed by atoms with E-state index in [-0.39, 0.29) is 5.97 Å². The summed E-state index contributed by atoms with van der Waals surface area (Å²) >= 11 is 0. The fourth-order valence-electron chi connectivity index (χ4n) is 2.03. The number of hydrogen-bond donors (Lipinski definition) is 0. The van der Waals surface area contributed by atoms with Crippen LogP contribution in [0.2, 0.25) is 0 Å². The van der Waals surface area contributed by atoms with Gasteiger partial charge in [0.1, 0.15) is 0 Å². The van der Waals surface area contributed by atoms with Crippen LogP contribution in [0.4, 0.5) is 0 Å². The minimum Gasteiger partial charge on any atom is -0.466 e. The zero-order chi connectivity index (χ0) is 10.4. The second-order valence-electron chi connectivity index (χ2n) is 3.68. The molecule has 1 rings (SSSR count). The topological polar surface area (TPSA) is 26.3 Å². The predicted octanol–water partition coefficient (Wildman–Crippen LogP) is 2.85. The van der Waals surface area contributed by atoms with Crippen molar-refractivity contribution < 1.29 is 9.53 Å². The molecule has 1 saturated carbocycles. The molecule has 0 atom stereocenters. The molecule has 1 fully saturated rings. The van der Waals surface area contributed by atoms with E-state index in [1.807, 2.05) is 0 Å². The Hall–Kier alpha value is -1.05. The molecule has 78 valence electrons. The van der Waals surface area contributed by atoms with Crippen LogP contribution in [-0.4, -0.2) is 13.1 Å². The Morgan fingerprint density at radius 3 is 2.50 bits per heavy atom. The summed E-state index contributed by atoms with van der Waals surface area (Å²) < 4.78 is 4.76. The molecule has 2 nitrogen and oxygen atoms in total. The van der Waals surface area contributed by atoms with Crippen LogP contribution in [-0.2, 0) is 9.53 Å². The van der Waals surface area contributed by atoms with Gasteiger partial charge in [-0.2, -0.15) is 0 Å². The molecule has 1 aliphatic carbocycles. The monoisotopic (exact) mass is 194 g/mol. The molecule has 0 spiro atoms. The van der Waals surface area contributed by atoms with Gasteiger partial charge < -0.3 is 4.74 Å². The van der Waals surface area contributed by atoms with Crippen molar-refractivity contribution in [3.05, 3.63) is 24.3 Å². The molecule has 2 heteroatoms. The summed E-state index contributed by atoms with van der Waals surface area (Å²) in [7, 11) is 1.43. The van der Waals surface area contributed by atoms with E-state index in [1.54, 1.807) is 12.2 Å². The van der Waals surface area contributed by atoms with Crippen LogP contribution in [0.25, 0.3) is 0 Å². The number of esters is 1. The van der Waals surface area contributed by atoms with Gasteiger partial charge in [-0.15, -0.1) is 0 Å².